The second kappa shape index (κ2) is 7.78. The first-order valence-corrected chi connectivity index (χ1v) is 8.25. The fourth-order valence-corrected chi connectivity index (χ4v) is 3.55. The maximum atomic E-state index is 12.7. The fraction of sp³-hybridized carbons (Fsp3) is 0.875. The minimum absolute atomic E-state index is 0.127. The Morgan fingerprint density at radius 1 is 1.10 bits per heavy atom. The Morgan fingerprint density at radius 2 is 1.76 bits per heavy atom. The van der Waals surface area contributed by atoms with Crippen LogP contribution in [0.15, 0.2) is 0 Å². The lowest BCUT2D eigenvalue weighted by atomic mass is 9.97. The molecule has 2 aliphatic rings. The Bertz CT molecular complexity index is 367. The van der Waals surface area contributed by atoms with E-state index in [1.165, 1.54) is 13.5 Å². The van der Waals surface area contributed by atoms with Gasteiger partial charge in [0.05, 0.1) is 19.6 Å². The molecule has 0 bridgehead atoms. The third-order valence-electron chi connectivity index (χ3n) is 4.83. The van der Waals surface area contributed by atoms with E-state index in [2.05, 4.69) is 4.90 Å². The molecule has 0 aromatic carbocycles. The van der Waals surface area contributed by atoms with Crippen molar-refractivity contribution < 1.29 is 14.3 Å². The number of amides is 1. The summed E-state index contributed by atoms with van der Waals surface area (Å²) < 4.78 is 4.80. The lowest BCUT2D eigenvalue weighted by molar-refractivity contribution is -0.145. The number of hydrogen-bond acceptors (Lipinski definition) is 4. The van der Waals surface area contributed by atoms with Crippen LogP contribution in [0.5, 0.6) is 0 Å². The minimum atomic E-state index is -0.176. The highest BCUT2D eigenvalue weighted by Crippen LogP contribution is 2.24. The van der Waals surface area contributed by atoms with E-state index in [4.69, 9.17) is 4.74 Å². The van der Waals surface area contributed by atoms with E-state index in [0.29, 0.717) is 6.42 Å². The third-order valence-corrected chi connectivity index (χ3v) is 4.83. The first-order valence-electron chi connectivity index (χ1n) is 8.25. The molecular weight excluding hydrogens is 268 g/mol. The third kappa shape index (κ3) is 4.19. The molecule has 2 rings (SSSR count). The molecule has 2 aliphatic heterocycles. The maximum absolute atomic E-state index is 12.7. The number of carbonyl (C=O) groups excluding carboxylic acids is 2. The molecular formula is C16H28N2O3. The van der Waals surface area contributed by atoms with E-state index in [0.717, 1.165) is 51.7 Å². The van der Waals surface area contributed by atoms with E-state index in [9.17, 15) is 9.59 Å². The summed E-state index contributed by atoms with van der Waals surface area (Å²) in [6.07, 6.45) is 7.07. The van der Waals surface area contributed by atoms with Crippen molar-refractivity contribution in [3.63, 3.8) is 0 Å². The molecule has 0 saturated carbocycles. The number of esters is 1. The van der Waals surface area contributed by atoms with Crippen LogP contribution < -0.4 is 0 Å². The summed E-state index contributed by atoms with van der Waals surface area (Å²) in [6.45, 7) is 4.67. The number of nitrogens with zero attached hydrogens (tertiary/aromatic N) is 2. The van der Waals surface area contributed by atoms with Gasteiger partial charge in [0.25, 0.3) is 0 Å². The SMILES string of the molecule is COC(=O)CC1CCCCN1C(C)C(=O)N1CCCCC1. The topological polar surface area (TPSA) is 49.9 Å². The molecule has 5 heteroatoms. The molecule has 2 fully saturated rings. The molecule has 2 unspecified atom stereocenters. The average Bonchev–Trinajstić information content (AvgIpc) is 2.54. The van der Waals surface area contributed by atoms with Crippen molar-refractivity contribution in [3.8, 4) is 0 Å². The van der Waals surface area contributed by atoms with Crippen molar-refractivity contribution in [3.05, 3.63) is 0 Å². The van der Waals surface area contributed by atoms with Crippen LogP contribution in [-0.2, 0) is 14.3 Å². The van der Waals surface area contributed by atoms with Crippen LogP contribution in [0, 0.1) is 0 Å². The number of likely N-dealkylation sites (tertiary alicyclic amines) is 2. The number of hydrogen-bond donors (Lipinski definition) is 0. The van der Waals surface area contributed by atoms with Gasteiger partial charge >= 0.3 is 5.97 Å². The van der Waals surface area contributed by atoms with E-state index >= 15 is 0 Å². The minimum Gasteiger partial charge on any atom is -0.469 e. The second-order valence-corrected chi connectivity index (χ2v) is 6.23. The normalized spacial score (nSPS) is 25.4. The van der Waals surface area contributed by atoms with Crippen molar-refractivity contribution in [2.45, 2.75) is 64.0 Å². The monoisotopic (exact) mass is 296 g/mol. The van der Waals surface area contributed by atoms with Crippen molar-refractivity contribution in [2.75, 3.05) is 26.7 Å². The van der Waals surface area contributed by atoms with Crippen LogP contribution in [0.3, 0.4) is 0 Å². The van der Waals surface area contributed by atoms with Gasteiger partial charge in [0, 0.05) is 19.1 Å². The first-order chi connectivity index (χ1) is 10.1. The summed E-state index contributed by atoms with van der Waals surface area (Å²) in [5.41, 5.74) is 0. The zero-order valence-electron chi connectivity index (χ0n) is 13.3. The Kier molecular flexibility index (Phi) is 6.03. The van der Waals surface area contributed by atoms with Crippen LogP contribution in [0.4, 0.5) is 0 Å². The van der Waals surface area contributed by atoms with E-state index in [-0.39, 0.29) is 24.0 Å². The van der Waals surface area contributed by atoms with Gasteiger partial charge < -0.3 is 9.64 Å². The highest BCUT2D eigenvalue weighted by molar-refractivity contribution is 5.81. The summed E-state index contributed by atoms with van der Waals surface area (Å²) in [4.78, 5) is 28.5. The summed E-state index contributed by atoms with van der Waals surface area (Å²) in [6, 6.07) is 0.0213. The van der Waals surface area contributed by atoms with Crippen LogP contribution in [0.1, 0.15) is 51.9 Å². The molecule has 0 aromatic rings. The van der Waals surface area contributed by atoms with Crippen molar-refractivity contribution in [2.24, 2.45) is 0 Å². The molecule has 0 aromatic heterocycles. The molecule has 0 spiro atoms. The Labute approximate surface area is 127 Å². The van der Waals surface area contributed by atoms with Gasteiger partial charge in [-0.1, -0.05) is 6.42 Å². The molecule has 0 radical (unpaired) electrons. The van der Waals surface area contributed by atoms with Gasteiger partial charge in [-0.2, -0.15) is 0 Å². The van der Waals surface area contributed by atoms with Gasteiger partial charge in [-0.15, -0.1) is 0 Å². The number of ether oxygens (including phenoxy) is 1. The van der Waals surface area contributed by atoms with Crippen LogP contribution >= 0.6 is 0 Å². The van der Waals surface area contributed by atoms with Crippen molar-refractivity contribution in [1.29, 1.82) is 0 Å². The van der Waals surface area contributed by atoms with Crippen LogP contribution in [0.2, 0.25) is 0 Å². The molecule has 0 aliphatic carbocycles. The van der Waals surface area contributed by atoms with Crippen LogP contribution in [0.25, 0.3) is 0 Å². The average molecular weight is 296 g/mol. The van der Waals surface area contributed by atoms with Gasteiger partial charge in [0.2, 0.25) is 5.91 Å². The Morgan fingerprint density at radius 3 is 2.43 bits per heavy atom. The van der Waals surface area contributed by atoms with Crippen molar-refractivity contribution >= 4 is 11.9 Å². The lowest BCUT2D eigenvalue weighted by Crippen LogP contribution is -2.54. The lowest BCUT2D eigenvalue weighted by Gasteiger charge is -2.41. The Balaban J connectivity index is 1.98. The van der Waals surface area contributed by atoms with Gasteiger partial charge in [-0.05, 0) is 45.6 Å². The van der Waals surface area contributed by atoms with E-state index in [1.54, 1.807) is 0 Å². The summed E-state index contributed by atoms with van der Waals surface area (Å²) in [7, 11) is 1.43. The van der Waals surface area contributed by atoms with E-state index < -0.39 is 0 Å². The molecule has 1 amide bonds. The number of methoxy groups -OCH3 is 1. The molecule has 0 N–H and O–H groups in total. The summed E-state index contributed by atoms with van der Waals surface area (Å²) in [5.74, 6) is 0.0518. The molecule has 5 nitrogen and oxygen atoms in total. The summed E-state index contributed by atoms with van der Waals surface area (Å²) >= 11 is 0. The Hall–Kier alpha value is -1.10. The van der Waals surface area contributed by atoms with Crippen molar-refractivity contribution in [1.82, 2.24) is 9.80 Å². The molecule has 21 heavy (non-hydrogen) atoms. The van der Waals surface area contributed by atoms with E-state index in [1.807, 2.05) is 11.8 Å². The predicted octanol–water partition coefficient (Wildman–Crippen LogP) is 1.80. The maximum Gasteiger partial charge on any atom is 0.307 e. The quantitative estimate of drug-likeness (QED) is 0.742. The predicted molar refractivity (Wildman–Crippen MR) is 80.9 cm³/mol. The number of carbonyl (C=O) groups is 2. The van der Waals surface area contributed by atoms with Gasteiger partial charge in [0.15, 0.2) is 0 Å². The second-order valence-electron chi connectivity index (χ2n) is 6.23. The highest BCUT2D eigenvalue weighted by atomic mass is 16.5. The largest absolute Gasteiger partial charge is 0.469 e. The molecule has 120 valence electrons. The first kappa shape index (κ1) is 16.3. The van der Waals surface area contributed by atoms with Gasteiger partial charge in [-0.25, -0.2) is 0 Å². The van der Waals surface area contributed by atoms with Gasteiger partial charge in [-0.3, -0.25) is 14.5 Å². The smallest absolute Gasteiger partial charge is 0.307 e. The standard InChI is InChI=1S/C16H28N2O3/c1-13(16(20)17-9-5-3-6-10-17)18-11-7-4-8-14(18)12-15(19)21-2/h13-14H,3-12H2,1-2H3. The number of rotatable bonds is 4. The fourth-order valence-electron chi connectivity index (χ4n) is 3.55. The zero-order valence-corrected chi connectivity index (χ0v) is 13.3. The molecule has 2 atom stereocenters. The van der Waals surface area contributed by atoms with Gasteiger partial charge in [0.1, 0.15) is 0 Å². The molecule has 2 saturated heterocycles. The highest BCUT2D eigenvalue weighted by Gasteiger charge is 2.33. The molecule has 2 heterocycles. The number of piperidine rings is 2. The van der Waals surface area contributed by atoms with Crippen LogP contribution in [-0.4, -0.2) is 60.5 Å². The summed E-state index contributed by atoms with van der Waals surface area (Å²) in [5, 5.41) is 0. The zero-order chi connectivity index (χ0) is 15.2.